The van der Waals surface area contributed by atoms with Crippen molar-refractivity contribution >= 4 is 20.2 Å². The number of hydrogen-bond donors (Lipinski definition) is 2. The molecule has 2 N–H and O–H groups in total. The van der Waals surface area contributed by atoms with E-state index >= 15 is 0 Å². The van der Waals surface area contributed by atoms with Gasteiger partial charge in [0.05, 0.1) is 0 Å². The van der Waals surface area contributed by atoms with Gasteiger partial charge in [-0.2, -0.15) is 16.8 Å². The van der Waals surface area contributed by atoms with Crippen molar-refractivity contribution in [2.24, 2.45) is 11.8 Å². The Morgan fingerprint density at radius 2 is 1.11 bits per heavy atom. The number of rotatable bonds is 8. The van der Waals surface area contributed by atoms with Crippen LogP contribution in [0, 0.1) is 11.8 Å². The van der Waals surface area contributed by atoms with Gasteiger partial charge in [-0.25, -0.2) is 0 Å². The summed E-state index contributed by atoms with van der Waals surface area (Å²) in [5.74, 6) is -1.80. The summed E-state index contributed by atoms with van der Waals surface area (Å²) in [5, 5.41) is 0. The SMILES string of the molecule is CCCC(C)C(C(C)CCC)(S(=O)(=O)O)S(=O)(=O)O. The van der Waals surface area contributed by atoms with Gasteiger partial charge < -0.3 is 0 Å². The molecule has 0 heterocycles. The van der Waals surface area contributed by atoms with Crippen LogP contribution in [0.4, 0.5) is 0 Å². The molecule has 0 aliphatic heterocycles. The van der Waals surface area contributed by atoms with Crippen LogP contribution in [0.25, 0.3) is 0 Å². The third-order valence-corrected chi connectivity index (χ3v) is 8.11. The average molecular weight is 316 g/mol. The fourth-order valence-electron chi connectivity index (χ4n) is 2.90. The van der Waals surface area contributed by atoms with Crippen LogP contribution < -0.4 is 0 Å². The molecular weight excluding hydrogens is 292 g/mol. The van der Waals surface area contributed by atoms with Crippen LogP contribution in [0.15, 0.2) is 0 Å². The molecule has 0 spiro atoms. The van der Waals surface area contributed by atoms with E-state index in [-0.39, 0.29) is 12.8 Å². The van der Waals surface area contributed by atoms with Crippen LogP contribution in [0.3, 0.4) is 0 Å². The van der Waals surface area contributed by atoms with E-state index in [4.69, 9.17) is 0 Å². The molecule has 0 aliphatic carbocycles. The van der Waals surface area contributed by atoms with Gasteiger partial charge in [0.15, 0.2) is 0 Å². The molecule has 0 saturated carbocycles. The Bertz CT molecular complexity index is 433. The van der Waals surface area contributed by atoms with Gasteiger partial charge in [0.2, 0.25) is 4.08 Å². The van der Waals surface area contributed by atoms with Crippen molar-refractivity contribution in [3.63, 3.8) is 0 Å². The van der Waals surface area contributed by atoms with Gasteiger partial charge in [0.25, 0.3) is 20.2 Å². The summed E-state index contributed by atoms with van der Waals surface area (Å²) < 4.78 is 63.4. The van der Waals surface area contributed by atoms with Crippen LogP contribution >= 0.6 is 0 Å². The molecule has 0 bridgehead atoms. The second kappa shape index (κ2) is 6.51. The quantitative estimate of drug-likeness (QED) is 0.665. The Labute approximate surface area is 116 Å². The summed E-state index contributed by atoms with van der Waals surface area (Å²) in [5.41, 5.74) is 0. The fraction of sp³-hybridized carbons (Fsp3) is 1.00. The van der Waals surface area contributed by atoms with Crippen molar-refractivity contribution < 1.29 is 25.9 Å². The second-order valence-corrected chi connectivity index (χ2v) is 8.56. The standard InChI is InChI=1S/C11H24O6S2/c1-5-7-9(3)11(18(12,13)14,19(15,16)17)10(4)8-6-2/h9-10H,5-8H2,1-4H3,(H,12,13,14)(H,15,16,17). The number of hydrogen-bond acceptors (Lipinski definition) is 4. The van der Waals surface area contributed by atoms with E-state index in [1.807, 2.05) is 0 Å². The van der Waals surface area contributed by atoms with Crippen LogP contribution in [0.2, 0.25) is 0 Å². The highest BCUT2D eigenvalue weighted by Crippen LogP contribution is 2.42. The smallest absolute Gasteiger partial charge is 0.284 e. The van der Waals surface area contributed by atoms with E-state index in [0.717, 1.165) is 0 Å². The third kappa shape index (κ3) is 3.48. The molecular formula is C11H24O6S2. The van der Waals surface area contributed by atoms with E-state index in [9.17, 15) is 25.9 Å². The topological polar surface area (TPSA) is 109 Å². The maximum absolute atomic E-state index is 11.7. The molecule has 19 heavy (non-hydrogen) atoms. The molecule has 2 atom stereocenters. The molecule has 0 aliphatic rings. The molecule has 2 unspecified atom stereocenters. The Morgan fingerprint density at radius 3 is 1.26 bits per heavy atom. The summed E-state index contributed by atoms with van der Waals surface area (Å²) in [4.78, 5) is 0. The predicted octanol–water partition coefficient (Wildman–Crippen LogP) is 2.33. The van der Waals surface area contributed by atoms with Crippen molar-refractivity contribution in [2.45, 2.75) is 57.5 Å². The van der Waals surface area contributed by atoms with Gasteiger partial charge in [-0.1, -0.05) is 40.5 Å². The van der Waals surface area contributed by atoms with E-state index in [2.05, 4.69) is 0 Å². The molecule has 0 aromatic carbocycles. The molecule has 8 heteroatoms. The summed E-state index contributed by atoms with van der Waals surface area (Å²) >= 11 is 0. The van der Waals surface area contributed by atoms with Gasteiger partial charge >= 0.3 is 0 Å². The van der Waals surface area contributed by atoms with Crippen LogP contribution in [0.1, 0.15) is 53.4 Å². The highest BCUT2D eigenvalue weighted by atomic mass is 32.3. The van der Waals surface area contributed by atoms with Crippen molar-refractivity contribution in [3.8, 4) is 0 Å². The van der Waals surface area contributed by atoms with Crippen LogP contribution in [-0.2, 0) is 20.2 Å². The predicted molar refractivity (Wildman–Crippen MR) is 74.0 cm³/mol. The molecule has 0 radical (unpaired) electrons. The highest BCUT2D eigenvalue weighted by molar-refractivity contribution is 8.05. The molecule has 116 valence electrons. The summed E-state index contributed by atoms with van der Waals surface area (Å²) in [6, 6.07) is 0. The van der Waals surface area contributed by atoms with Crippen molar-refractivity contribution in [2.75, 3.05) is 0 Å². The first kappa shape index (κ1) is 18.8. The Morgan fingerprint density at radius 1 is 0.842 bits per heavy atom. The van der Waals surface area contributed by atoms with E-state index in [1.54, 1.807) is 13.8 Å². The minimum absolute atomic E-state index is 0.271. The van der Waals surface area contributed by atoms with E-state index in [1.165, 1.54) is 13.8 Å². The van der Waals surface area contributed by atoms with Crippen molar-refractivity contribution in [3.05, 3.63) is 0 Å². The van der Waals surface area contributed by atoms with E-state index < -0.39 is 36.2 Å². The van der Waals surface area contributed by atoms with E-state index in [0.29, 0.717) is 12.8 Å². The van der Waals surface area contributed by atoms with Crippen molar-refractivity contribution in [1.29, 1.82) is 0 Å². The highest BCUT2D eigenvalue weighted by Gasteiger charge is 2.61. The summed E-state index contributed by atoms with van der Waals surface area (Å²) in [7, 11) is -9.93. The monoisotopic (exact) mass is 316 g/mol. The maximum atomic E-state index is 11.7. The fourth-order valence-corrected chi connectivity index (χ4v) is 6.47. The van der Waals surface area contributed by atoms with Gasteiger partial charge in [-0.05, 0) is 24.7 Å². The zero-order valence-corrected chi connectivity index (χ0v) is 13.5. The molecule has 0 aromatic heterocycles. The molecule has 0 amide bonds. The zero-order chi connectivity index (χ0) is 15.5. The first-order valence-electron chi connectivity index (χ1n) is 6.40. The molecule has 6 nitrogen and oxygen atoms in total. The second-order valence-electron chi connectivity index (χ2n) is 5.05. The first-order chi connectivity index (χ1) is 8.46. The lowest BCUT2D eigenvalue weighted by Crippen LogP contribution is -2.55. The summed E-state index contributed by atoms with van der Waals surface area (Å²) in [6.07, 6.45) is 1.64. The van der Waals surface area contributed by atoms with Gasteiger partial charge in [-0.3, -0.25) is 9.11 Å². The first-order valence-corrected chi connectivity index (χ1v) is 9.28. The minimum atomic E-state index is -4.97. The van der Waals surface area contributed by atoms with Gasteiger partial charge in [0.1, 0.15) is 0 Å². The van der Waals surface area contributed by atoms with Crippen molar-refractivity contribution in [1.82, 2.24) is 0 Å². The minimum Gasteiger partial charge on any atom is -0.284 e. The van der Waals surface area contributed by atoms with Crippen LogP contribution in [0.5, 0.6) is 0 Å². The molecule has 0 saturated heterocycles. The van der Waals surface area contributed by atoms with Gasteiger partial charge in [-0.15, -0.1) is 0 Å². The Kier molecular flexibility index (Phi) is 6.45. The lowest BCUT2D eigenvalue weighted by atomic mass is 9.89. The Hall–Kier alpha value is -0.180. The largest absolute Gasteiger partial charge is 0.288 e. The van der Waals surface area contributed by atoms with Crippen LogP contribution in [-0.4, -0.2) is 30.0 Å². The molecule has 0 fully saturated rings. The lowest BCUT2D eigenvalue weighted by Gasteiger charge is -2.37. The normalized spacial score (nSPS) is 17.2. The molecule has 0 aromatic rings. The molecule has 0 rings (SSSR count). The Balaban J connectivity index is 6.22. The third-order valence-electron chi connectivity index (χ3n) is 3.62. The summed E-state index contributed by atoms with van der Waals surface area (Å²) in [6.45, 7) is 6.41. The lowest BCUT2D eigenvalue weighted by molar-refractivity contribution is 0.286. The van der Waals surface area contributed by atoms with Gasteiger partial charge in [0, 0.05) is 0 Å². The maximum Gasteiger partial charge on any atom is 0.288 e. The zero-order valence-electron chi connectivity index (χ0n) is 11.8. The average Bonchev–Trinajstić information content (AvgIpc) is 2.13.